The van der Waals surface area contributed by atoms with Crippen molar-refractivity contribution < 1.29 is 139 Å². The van der Waals surface area contributed by atoms with Crippen LogP contribution in [0.25, 0.3) is 0 Å². The summed E-state index contributed by atoms with van der Waals surface area (Å²) in [4.78, 5) is 0. The summed E-state index contributed by atoms with van der Waals surface area (Å²) in [5.41, 5.74) is 3.83. The Morgan fingerprint density at radius 3 is 0.884 bits per heavy atom. The molecule has 0 amide bonds. The number of hydrogen-bond acceptors (Lipinski definition) is 21. The maximum Gasteiger partial charge on any atom is 0.416 e. The molecule has 0 spiro atoms. The van der Waals surface area contributed by atoms with Crippen molar-refractivity contribution in [2.75, 3.05) is 91.4 Å². The van der Waals surface area contributed by atoms with Crippen molar-refractivity contribution in [1.82, 2.24) is 31.9 Å². The van der Waals surface area contributed by atoms with Crippen LogP contribution in [-0.4, -0.2) is 183 Å². The summed E-state index contributed by atoms with van der Waals surface area (Å²) in [5.74, 6) is -5.94. The van der Waals surface area contributed by atoms with Crippen LogP contribution in [0, 0.1) is 62.8 Å². The highest BCUT2D eigenvalue weighted by Crippen LogP contribution is 2.32. The molecule has 780 valence electrons. The van der Waals surface area contributed by atoms with E-state index in [1.807, 2.05) is 19.1 Å². The molecule has 7 aromatic rings. The molecule has 7 rings (SSSR count). The Bertz CT molecular complexity index is 5570. The zero-order chi connectivity index (χ0) is 105. The third-order valence-corrected chi connectivity index (χ3v) is 24.1. The molecule has 0 aliphatic carbocycles. The van der Waals surface area contributed by atoms with Gasteiger partial charge in [-0.05, 0) is 264 Å². The zero-order valence-corrected chi connectivity index (χ0v) is 84.6. The van der Waals surface area contributed by atoms with Gasteiger partial charge < -0.3 is 37.2 Å². The van der Waals surface area contributed by atoms with Crippen molar-refractivity contribution in [2.45, 2.75) is 177 Å². The van der Waals surface area contributed by atoms with Gasteiger partial charge in [-0.3, -0.25) is 31.9 Å². The third kappa shape index (κ3) is 71.4. The quantitative estimate of drug-likeness (QED) is 0.00729. The Morgan fingerprint density at radius 2 is 0.565 bits per heavy atom. The van der Waals surface area contributed by atoms with Crippen LogP contribution in [0.3, 0.4) is 0 Å². The van der Waals surface area contributed by atoms with E-state index < -0.39 is 112 Å². The molecule has 0 aliphatic heterocycles. The van der Waals surface area contributed by atoms with Crippen LogP contribution in [0.1, 0.15) is 197 Å². The Labute approximate surface area is 806 Å². The third-order valence-electron chi connectivity index (χ3n) is 18.4. The molecule has 28 nitrogen and oxygen atoms in total. The predicted octanol–water partition coefficient (Wildman–Crippen LogP) is 17.8. The number of hydrogen-bond donors (Lipinski definition) is 14. The van der Waals surface area contributed by atoms with Crippen molar-refractivity contribution in [3.05, 3.63) is 280 Å². The van der Waals surface area contributed by atoms with Crippen LogP contribution in [0.5, 0.6) is 0 Å². The van der Waals surface area contributed by atoms with Gasteiger partial charge in [0.15, 0.2) is 0 Å². The molecular weight excluding hydrogens is 1970 g/mol. The highest BCUT2D eigenvalue weighted by atomic mass is 32.2. The lowest BCUT2D eigenvalue weighted by molar-refractivity contribution is -0.137. The van der Waals surface area contributed by atoms with Gasteiger partial charge in [0, 0.05) is 42.5 Å². The smallest absolute Gasteiger partial charge is 0.385 e. The fourth-order valence-electron chi connectivity index (χ4n) is 11.5. The molecule has 0 fully saturated rings. The Kier molecular flexibility index (Phi) is 57.2. The zero-order valence-electron chi connectivity index (χ0n) is 78.9. The maximum absolute atomic E-state index is 13.2. The van der Waals surface area contributed by atoms with Crippen molar-refractivity contribution >= 4 is 76.5 Å². The number of nitrogens with one attached hydrogen (secondary N) is 7. The number of allylic oxidation sites excluding steroid dienone is 3. The molecule has 3 unspecified atom stereocenters. The molecule has 0 heterocycles. The summed E-state index contributed by atoms with van der Waals surface area (Å²) < 4.78 is 349. The van der Waals surface area contributed by atoms with Gasteiger partial charge in [0.1, 0.15) is 46.5 Å². The minimum atomic E-state index is -4.64. The molecule has 138 heavy (non-hydrogen) atoms. The first-order valence-corrected chi connectivity index (χ1v) is 54.6. The van der Waals surface area contributed by atoms with Crippen LogP contribution in [0.2, 0.25) is 0 Å². The van der Waals surface area contributed by atoms with Crippen molar-refractivity contribution in [3.8, 4) is 0 Å². The first-order chi connectivity index (χ1) is 63.3. The van der Waals surface area contributed by atoms with E-state index in [0.717, 1.165) is 40.5 Å². The Hall–Kier alpha value is -8.08. The standard InChI is InChI=1S/C17H26FNO3S.2C16H24FNO3S.C12H15F4NO3S.C11H15F2NO3S.C11H16FNO3S.C9H12FNO3S/c1-17(2,3)10-9-16(19-11-4-12-23(20,21)22)13-14-5-7-15(18)8-6-14;2*1-16(2,3)10-9-15(13-5-7-14(17)8-6-13)18-11-4-12-22(19,20)21;1-8(17-3-2-4-21(18,19)20)9-5-10(12(14,15)16)7-11(13)6-9;1-8(14-3-2-4-18(15,16)17)9-5-10(12)7-11(13)6-9;1-9(10-4-2-5-11(12)8-10)13-6-3-7-17(14,15)16;10-8-2-4-9(5-3-8)11-6-1-7-15(12,13)14/h5-10,16,19H,4,11-13H2,1-3H3,(H,20,21,22);2*5-10,15,18H,4,11-12H2,1-3H3,(H,19,20,21);5-8,17H,2-4H2,1H3,(H,18,19,20);5-8,14H,2-4H2,1H3,(H,15,16,17);2,4-5,8-9,13H,3,6-7H2,1H3,(H,14,15,16);2-5,11H,1,6-7H2,(H,12,13,14)/b3*10-9+;;;;/t16-;2*15-;;;;/m110..../s1. The minimum Gasteiger partial charge on any atom is -0.385 e. The van der Waals surface area contributed by atoms with Gasteiger partial charge in [0.05, 0.1) is 57.9 Å². The summed E-state index contributed by atoms with van der Waals surface area (Å²) in [7, 11) is -27.6. The molecule has 0 aliphatic rings. The van der Waals surface area contributed by atoms with E-state index in [2.05, 4.69) is 124 Å². The largest absolute Gasteiger partial charge is 0.416 e. The van der Waals surface area contributed by atoms with Crippen molar-refractivity contribution in [2.24, 2.45) is 16.2 Å². The minimum absolute atomic E-state index is 0.00833. The molecular formula is C92H132F11N7O21S7. The van der Waals surface area contributed by atoms with Gasteiger partial charge in [-0.2, -0.15) is 72.1 Å². The summed E-state index contributed by atoms with van der Waals surface area (Å²) in [6.07, 6.45) is 10.1. The number of halogens is 11. The van der Waals surface area contributed by atoms with Gasteiger partial charge in [0.2, 0.25) is 0 Å². The Balaban J connectivity index is 0.000000808. The monoisotopic (exact) mass is 2100 g/mol. The van der Waals surface area contributed by atoms with Crippen LogP contribution in [-0.2, 0) is 83.4 Å². The molecule has 0 bridgehead atoms. The lowest BCUT2D eigenvalue weighted by Crippen LogP contribution is -2.31. The van der Waals surface area contributed by atoms with Crippen LogP contribution >= 0.6 is 0 Å². The number of rotatable bonds is 45. The predicted molar refractivity (Wildman–Crippen MR) is 517 cm³/mol. The van der Waals surface area contributed by atoms with E-state index in [9.17, 15) is 107 Å². The lowest BCUT2D eigenvalue weighted by Gasteiger charge is -2.18. The Morgan fingerprint density at radius 1 is 0.290 bits per heavy atom. The highest BCUT2D eigenvalue weighted by Gasteiger charge is 2.32. The molecule has 6 atom stereocenters. The normalized spacial score (nSPS) is 13.8. The van der Waals surface area contributed by atoms with Crippen molar-refractivity contribution in [1.29, 1.82) is 0 Å². The summed E-state index contributed by atoms with van der Waals surface area (Å²) in [6.45, 7) is 26.5. The topological polar surface area (TPSA) is 465 Å². The second kappa shape index (κ2) is 61.7. The molecule has 14 N–H and O–H groups in total. The fourth-order valence-corrected chi connectivity index (χ4v) is 15.1. The van der Waals surface area contributed by atoms with E-state index >= 15 is 0 Å². The SMILES string of the molecule is CC(C)(C)/C=C/[C@@H](NCCCS(=O)(=O)O)c1ccc(F)cc1.CC(C)(C)/C=C/[C@H](Cc1ccc(F)cc1)NCCCS(=O)(=O)O.CC(C)(C)/C=C/[C@H](NCCCS(=O)(=O)O)c1ccc(F)cc1.CC(NCCCS(=O)(=O)O)c1cc(F)cc(C(F)(F)F)c1.CC(NCCCS(=O)(=O)O)c1cc(F)cc(F)c1.CC(NCCCS(=O)(=O)O)c1cccc(F)c1.O=S(=O)(O)CCCNc1ccc(F)cc1. The first kappa shape index (κ1) is 128. The molecule has 7 aromatic carbocycles. The van der Waals surface area contributed by atoms with E-state index in [4.69, 9.17) is 31.9 Å². The van der Waals surface area contributed by atoms with E-state index in [-0.39, 0.29) is 135 Å². The summed E-state index contributed by atoms with van der Waals surface area (Å²) in [6, 6.07) is 34.9. The van der Waals surface area contributed by atoms with Gasteiger partial charge in [-0.1, -0.05) is 147 Å². The molecule has 0 saturated heterocycles. The molecule has 0 aromatic heterocycles. The number of alkyl halides is 3. The van der Waals surface area contributed by atoms with Crippen LogP contribution in [0.15, 0.2) is 194 Å². The fraction of sp³-hybridized carbons (Fsp3) is 0.478. The van der Waals surface area contributed by atoms with E-state index in [1.165, 1.54) is 79.7 Å². The average molecular weight is 2110 g/mol. The van der Waals surface area contributed by atoms with Gasteiger partial charge in [-0.25, -0.2) is 35.1 Å². The first-order valence-electron chi connectivity index (χ1n) is 43.3. The lowest BCUT2D eigenvalue weighted by atomic mass is 9.94. The second-order valence-corrected chi connectivity index (χ2v) is 46.0. The summed E-state index contributed by atoms with van der Waals surface area (Å²) in [5, 5.41) is 21.3. The second-order valence-electron chi connectivity index (χ2n) is 35.0. The number of anilines is 1. The average Bonchev–Trinajstić information content (AvgIpc) is 0.823. The van der Waals surface area contributed by atoms with Gasteiger partial charge in [0.25, 0.3) is 70.8 Å². The molecule has 0 radical (unpaired) electrons. The molecule has 46 heteroatoms. The maximum atomic E-state index is 13.2. The molecule has 0 saturated carbocycles. The van der Waals surface area contributed by atoms with Gasteiger partial charge in [-0.15, -0.1) is 0 Å². The van der Waals surface area contributed by atoms with E-state index in [0.29, 0.717) is 95.1 Å². The number of benzene rings is 7. The van der Waals surface area contributed by atoms with Crippen molar-refractivity contribution in [3.63, 3.8) is 0 Å². The van der Waals surface area contributed by atoms with Crippen LogP contribution < -0.4 is 37.2 Å². The van der Waals surface area contributed by atoms with Gasteiger partial charge >= 0.3 is 6.18 Å². The highest BCUT2D eigenvalue weighted by molar-refractivity contribution is 7.87. The summed E-state index contributed by atoms with van der Waals surface area (Å²) >= 11 is 0. The van der Waals surface area contributed by atoms with Crippen LogP contribution in [0.4, 0.5) is 54.0 Å². The van der Waals surface area contributed by atoms with E-state index in [1.54, 1.807) is 67.6 Å².